The predicted molar refractivity (Wildman–Crippen MR) is 65.2 cm³/mol. The fourth-order valence-electron chi connectivity index (χ4n) is 1.03. The first-order valence-electron chi connectivity index (χ1n) is 4.68. The molecule has 1 aromatic carbocycles. The van der Waals surface area contributed by atoms with Crippen LogP contribution in [0, 0.1) is 0 Å². The summed E-state index contributed by atoms with van der Waals surface area (Å²) in [4.78, 5) is 0. The smallest absolute Gasteiger partial charge is 0.191 e. The number of para-hydroxylation sites is 1. The molecule has 4 nitrogen and oxygen atoms in total. The number of anilines is 1. The zero-order chi connectivity index (χ0) is 14.0. The Labute approximate surface area is 108 Å². The summed E-state index contributed by atoms with van der Waals surface area (Å²) in [6.45, 7) is 0. The molecule has 0 N–H and O–H groups in total. The van der Waals surface area contributed by atoms with Gasteiger partial charge in [0.25, 0.3) is 0 Å². The Bertz CT molecular complexity index is 488. The van der Waals surface area contributed by atoms with E-state index in [1.54, 1.807) is 6.07 Å². The summed E-state index contributed by atoms with van der Waals surface area (Å²) in [5.41, 5.74) is -4.76. The third-order valence-electron chi connectivity index (χ3n) is 1.82. The van der Waals surface area contributed by atoms with E-state index in [4.69, 9.17) is 0 Å². The van der Waals surface area contributed by atoms with Gasteiger partial charge in [0.15, 0.2) is 0 Å². The van der Waals surface area contributed by atoms with Crippen LogP contribution >= 0.6 is 11.9 Å². The summed E-state index contributed by atoms with van der Waals surface area (Å²) in [7, 11) is -1.88. The maximum Gasteiger partial charge on any atom is 0.462 e. The molecule has 0 aliphatic heterocycles. The Morgan fingerprint density at radius 2 is 1.61 bits per heavy atom. The van der Waals surface area contributed by atoms with Crippen molar-refractivity contribution in [2.24, 2.45) is 0 Å². The van der Waals surface area contributed by atoms with E-state index in [2.05, 4.69) is 0 Å². The fourth-order valence-corrected chi connectivity index (χ4v) is 3.16. The van der Waals surface area contributed by atoms with Crippen LogP contribution in [0.2, 0.25) is 0 Å². The minimum Gasteiger partial charge on any atom is -0.191 e. The summed E-state index contributed by atoms with van der Waals surface area (Å²) in [6.07, 6.45) is 0. The van der Waals surface area contributed by atoms with E-state index >= 15 is 0 Å². The standard InChI is InChI=1S/C9H11F3N2O2S2/c1-13(2)18(15,16)14(17-9(10,11)12)8-6-4-3-5-7-8/h3-7H,1-2H3. The Balaban J connectivity index is 3.21. The molecule has 102 valence electrons. The molecular weight excluding hydrogens is 289 g/mol. The SMILES string of the molecule is CN(C)S(=O)(=O)N(SC(F)(F)F)c1ccccc1. The molecule has 0 heterocycles. The van der Waals surface area contributed by atoms with E-state index in [-0.39, 0.29) is 9.40 Å². The van der Waals surface area contributed by atoms with Crippen LogP contribution in [0.5, 0.6) is 0 Å². The van der Waals surface area contributed by atoms with Crippen molar-refractivity contribution in [2.45, 2.75) is 5.51 Å². The van der Waals surface area contributed by atoms with Crippen LogP contribution in [0.4, 0.5) is 18.9 Å². The highest BCUT2D eigenvalue weighted by atomic mass is 32.3. The summed E-state index contributed by atoms with van der Waals surface area (Å²) >= 11 is -0.706. The lowest BCUT2D eigenvalue weighted by atomic mass is 10.3. The molecular formula is C9H11F3N2O2S2. The monoisotopic (exact) mass is 300 g/mol. The van der Waals surface area contributed by atoms with Crippen molar-refractivity contribution in [3.05, 3.63) is 30.3 Å². The quantitative estimate of drug-likeness (QED) is 0.802. The first-order valence-corrected chi connectivity index (χ1v) is 6.85. The van der Waals surface area contributed by atoms with E-state index in [1.165, 1.54) is 38.4 Å². The lowest BCUT2D eigenvalue weighted by molar-refractivity contribution is -0.0327. The zero-order valence-electron chi connectivity index (χ0n) is 9.55. The second kappa shape index (κ2) is 5.37. The van der Waals surface area contributed by atoms with Gasteiger partial charge in [-0.15, -0.1) is 0 Å². The normalized spacial score (nSPS) is 12.8. The number of hydrogen-bond donors (Lipinski definition) is 0. The van der Waals surface area contributed by atoms with Gasteiger partial charge in [-0.25, -0.2) is 0 Å². The molecule has 0 atom stereocenters. The second-order valence-electron chi connectivity index (χ2n) is 3.39. The average molecular weight is 300 g/mol. The van der Waals surface area contributed by atoms with Crippen molar-refractivity contribution in [3.63, 3.8) is 0 Å². The highest BCUT2D eigenvalue weighted by Gasteiger charge is 2.39. The van der Waals surface area contributed by atoms with Crippen LogP contribution in [-0.4, -0.2) is 32.3 Å². The summed E-state index contributed by atoms with van der Waals surface area (Å²) in [5.74, 6) is 0. The van der Waals surface area contributed by atoms with Crippen LogP contribution in [0.1, 0.15) is 0 Å². The molecule has 0 aromatic heterocycles. The van der Waals surface area contributed by atoms with Gasteiger partial charge in [-0.3, -0.25) is 0 Å². The Kier molecular flexibility index (Phi) is 4.51. The lowest BCUT2D eigenvalue weighted by Gasteiger charge is -2.26. The molecule has 0 saturated heterocycles. The van der Waals surface area contributed by atoms with Crippen LogP contribution in [0.15, 0.2) is 30.3 Å². The van der Waals surface area contributed by atoms with Gasteiger partial charge in [0.2, 0.25) is 0 Å². The average Bonchev–Trinajstić information content (AvgIpc) is 2.25. The summed E-state index contributed by atoms with van der Waals surface area (Å²) in [6, 6.07) is 7.09. The van der Waals surface area contributed by atoms with Gasteiger partial charge < -0.3 is 0 Å². The molecule has 0 spiro atoms. The molecule has 18 heavy (non-hydrogen) atoms. The minimum atomic E-state index is -4.70. The number of rotatable bonds is 4. The molecule has 1 rings (SSSR count). The lowest BCUT2D eigenvalue weighted by Crippen LogP contribution is -2.37. The van der Waals surface area contributed by atoms with Crippen molar-refractivity contribution in [1.82, 2.24) is 4.31 Å². The largest absolute Gasteiger partial charge is 0.462 e. The second-order valence-corrected chi connectivity index (χ2v) is 6.62. The van der Waals surface area contributed by atoms with Gasteiger partial charge in [-0.05, 0) is 12.1 Å². The van der Waals surface area contributed by atoms with Gasteiger partial charge in [0, 0.05) is 14.1 Å². The number of nitrogens with zero attached hydrogens (tertiary/aromatic N) is 2. The first kappa shape index (κ1) is 15.1. The van der Waals surface area contributed by atoms with Crippen LogP contribution < -0.4 is 3.71 Å². The summed E-state index contributed by atoms with van der Waals surface area (Å²) < 4.78 is 61.9. The number of benzene rings is 1. The Morgan fingerprint density at radius 1 is 1.11 bits per heavy atom. The molecule has 1 aromatic rings. The van der Waals surface area contributed by atoms with Gasteiger partial charge in [0.05, 0.1) is 17.6 Å². The first-order chi connectivity index (χ1) is 8.14. The predicted octanol–water partition coefficient (Wildman–Crippen LogP) is 2.47. The number of hydrogen-bond acceptors (Lipinski definition) is 3. The van der Waals surface area contributed by atoms with Crippen LogP contribution in [-0.2, 0) is 10.2 Å². The Hall–Kier alpha value is -0.930. The number of alkyl halides is 3. The minimum absolute atomic E-state index is 0.0616. The van der Waals surface area contributed by atoms with Gasteiger partial charge in [-0.2, -0.15) is 29.6 Å². The van der Waals surface area contributed by atoms with Crippen molar-refractivity contribution in [2.75, 3.05) is 17.8 Å². The molecule has 0 bridgehead atoms. The van der Waals surface area contributed by atoms with E-state index < -0.39 is 27.7 Å². The molecule has 0 aliphatic rings. The third kappa shape index (κ3) is 3.79. The maximum atomic E-state index is 12.4. The van der Waals surface area contributed by atoms with Crippen molar-refractivity contribution in [3.8, 4) is 0 Å². The maximum absolute atomic E-state index is 12.4. The molecule has 9 heteroatoms. The fraction of sp³-hybridized carbons (Fsp3) is 0.333. The van der Waals surface area contributed by atoms with E-state index in [0.717, 1.165) is 4.31 Å². The zero-order valence-corrected chi connectivity index (χ0v) is 11.2. The van der Waals surface area contributed by atoms with Gasteiger partial charge in [0.1, 0.15) is 0 Å². The molecule has 0 aliphatic carbocycles. The van der Waals surface area contributed by atoms with Crippen molar-refractivity contribution >= 4 is 27.8 Å². The van der Waals surface area contributed by atoms with E-state index in [1.807, 2.05) is 0 Å². The molecule has 0 fully saturated rings. The molecule has 0 radical (unpaired) electrons. The van der Waals surface area contributed by atoms with Crippen molar-refractivity contribution in [1.29, 1.82) is 0 Å². The topological polar surface area (TPSA) is 40.6 Å². The van der Waals surface area contributed by atoms with Gasteiger partial charge >= 0.3 is 15.7 Å². The molecule has 0 unspecified atom stereocenters. The molecule has 0 saturated carbocycles. The highest BCUT2D eigenvalue weighted by Crippen LogP contribution is 2.38. The summed E-state index contributed by atoms with van der Waals surface area (Å²) in [5, 5.41) is 0. The molecule has 0 amide bonds. The third-order valence-corrected chi connectivity index (χ3v) is 4.75. The van der Waals surface area contributed by atoms with E-state index in [9.17, 15) is 21.6 Å². The Morgan fingerprint density at radius 3 is 2.00 bits per heavy atom. The van der Waals surface area contributed by atoms with Crippen molar-refractivity contribution < 1.29 is 21.6 Å². The van der Waals surface area contributed by atoms with Gasteiger partial charge in [-0.1, -0.05) is 18.2 Å². The van der Waals surface area contributed by atoms with E-state index in [0.29, 0.717) is 0 Å². The number of halogens is 3. The highest BCUT2D eigenvalue weighted by molar-refractivity contribution is 8.14. The van der Waals surface area contributed by atoms with Crippen LogP contribution in [0.25, 0.3) is 0 Å². The van der Waals surface area contributed by atoms with Crippen LogP contribution in [0.3, 0.4) is 0 Å².